The van der Waals surface area contributed by atoms with E-state index in [1.807, 2.05) is 19.9 Å². The molecule has 0 spiro atoms. The summed E-state index contributed by atoms with van der Waals surface area (Å²) in [5, 5.41) is 15.0. The normalized spacial score (nSPS) is 10.7. The minimum absolute atomic E-state index is 0.0876. The Labute approximate surface area is 161 Å². The van der Waals surface area contributed by atoms with Gasteiger partial charge in [0.05, 0.1) is 22.9 Å². The zero-order valence-electron chi connectivity index (χ0n) is 15.0. The highest BCUT2D eigenvalue weighted by molar-refractivity contribution is 6.29. The molecule has 0 saturated carbocycles. The van der Waals surface area contributed by atoms with Gasteiger partial charge in [0.15, 0.2) is 0 Å². The Morgan fingerprint density at radius 1 is 1.19 bits per heavy atom. The van der Waals surface area contributed by atoms with Gasteiger partial charge in [0.25, 0.3) is 0 Å². The molecule has 8 heteroatoms. The van der Waals surface area contributed by atoms with Gasteiger partial charge in [-0.2, -0.15) is 5.26 Å². The van der Waals surface area contributed by atoms with Crippen molar-refractivity contribution in [3.05, 3.63) is 52.6 Å². The Bertz CT molecular complexity index is 1070. The maximum absolute atomic E-state index is 12.5. The number of nitrogens with zero attached hydrogens (tertiary/aromatic N) is 4. The van der Waals surface area contributed by atoms with Crippen LogP contribution in [0.1, 0.15) is 36.6 Å². The second kappa shape index (κ2) is 7.56. The zero-order chi connectivity index (χ0) is 19.6. The van der Waals surface area contributed by atoms with E-state index in [-0.39, 0.29) is 11.6 Å². The molecule has 0 radical (unpaired) electrons. The maximum Gasteiger partial charge on any atom is 0.323 e. The molecule has 0 unspecified atom stereocenters. The molecule has 0 atom stereocenters. The van der Waals surface area contributed by atoms with E-state index in [1.165, 1.54) is 6.20 Å². The Hall–Kier alpha value is -3.24. The Morgan fingerprint density at radius 3 is 2.63 bits per heavy atom. The average molecular weight is 381 g/mol. The van der Waals surface area contributed by atoms with E-state index in [9.17, 15) is 4.79 Å². The van der Waals surface area contributed by atoms with E-state index >= 15 is 0 Å². The topological polar surface area (TPSA) is 104 Å². The summed E-state index contributed by atoms with van der Waals surface area (Å²) in [5.74, 6) is 0.0876. The number of fused-ring (bicyclic) bond motifs is 1. The van der Waals surface area contributed by atoms with Crippen LogP contribution in [0.5, 0.6) is 0 Å². The number of carbonyl (C=O) groups excluding carboxylic acids is 1. The van der Waals surface area contributed by atoms with Crippen molar-refractivity contribution in [1.29, 1.82) is 5.26 Å². The minimum Gasteiger partial charge on any atom is -0.307 e. The number of nitriles is 1. The van der Waals surface area contributed by atoms with Crippen LogP contribution in [0.4, 0.5) is 16.2 Å². The molecule has 27 heavy (non-hydrogen) atoms. The molecule has 0 aliphatic rings. The molecule has 2 amide bonds. The van der Waals surface area contributed by atoms with Crippen molar-refractivity contribution in [2.45, 2.75) is 26.7 Å². The van der Waals surface area contributed by atoms with Gasteiger partial charge < -0.3 is 10.6 Å². The van der Waals surface area contributed by atoms with Gasteiger partial charge in [-0.1, -0.05) is 25.4 Å². The number of aromatic nitrogens is 3. The van der Waals surface area contributed by atoms with Crippen molar-refractivity contribution >= 4 is 40.0 Å². The summed E-state index contributed by atoms with van der Waals surface area (Å²) in [6.07, 6.45) is 3.08. The van der Waals surface area contributed by atoms with Crippen molar-refractivity contribution in [2.24, 2.45) is 0 Å². The number of carbonyl (C=O) groups is 1. The summed E-state index contributed by atoms with van der Waals surface area (Å²) in [5.41, 5.74) is 4.14. The van der Waals surface area contributed by atoms with Gasteiger partial charge in [-0.15, -0.1) is 0 Å². The third-order valence-corrected chi connectivity index (χ3v) is 4.31. The van der Waals surface area contributed by atoms with Crippen LogP contribution in [0.25, 0.3) is 11.0 Å². The number of pyridine rings is 3. The highest BCUT2D eigenvalue weighted by Gasteiger charge is 2.17. The number of halogens is 1. The third-order valence-electron chi connectivity index (χ3n) is 4.10. The molecule has 2 N–H and O–H groups in total. The number of rotatable bonds is 3. The maximum atomic E-state index is 12.5. The van der Waals surface area contributed by atoms with Crippen molar-refractivity contribution in [1.82, 2.24) is 15.0 Å². The SMILES string of the molecule is Cc1c(NC(=O)Nc2cnc3ccc(Cl)nc3c2C(C)C)ccnc1C#N. The van der Waals surface area contributed by atoms with Crippen molar-refractivity contribution < 1.29 is 4.79 Å². The van der Waals surface area contributed by atoms with Crippen LogP contribution in [0.15, 0.2) is 30.6 Å². The van der Waals surface area contributed by atoms with E-state index < -0.39 is 6.03 Å². The van der Waals surface area contributed by atoms with Crippen LogP contribution < -0.4 is 10.6 Å². The molecule has 0 bridgehead atoms. The smallest absolute Gasteiger partial charge is 0.307 e. The van der Waals surface area contributed by atoms with E-state index in [1.54, 1.807) is 31.3 Å². The summed E-state index contributed by atoms with van der Waals surface area (Å²) in [7, 11) is 0. The molecule has 7 nitrogen and oxygen atoms in total. The lowest BCUT2D eigenvalue weighted by Crippen LogP contribution is -2.21. The van der Waals surface area contributed by atoms with Gasteiger partial charge >= 0.3 is 6.03 Å². The molecule has 3 aromatic heterocycles. The van der Waals surface area contributed by atoms with Gasteiger partial charge in [-0.05, 0) is 31.0 Å². The van der Waals surface area contributed by atoms with Crippen LogP contribution in [0.2, 0.25) is 5.15 Å². The molecule has 3 rings (SSSR count). The molecule has 3 aromatic rings. The summed E-state index contributed by atoms with van der Waals surface area (Å²) < 4.78 is 0. The highest BCUT2D eigenvalue weighted by Crippen LogP contribution is 2.31. The highest BCUT2D eigenvalue weighted by atomic mass is 35.5. The number of hydrogen-bond acceptors (Lipinski definition) is 5. The first kappa shape index (κ1) is 18.5. The summed E-state index contributed by atoms with van der Waals surface area (Å²) >= 11 is 6.04. The van der Waals surface area contributed by atoms with Crippen LogP contribution in [0.3, 0.4) is 0 Å². The first-order valence-corrected chi connectivity index (χ1v) is 8.67. The summed E-state index contributed by atoms with van der Waals surface area (Å²) in [4.78, 5) is 25.2. The van der Waals surface area contributed by atoms with Crippen LogP contribution in [-0.2, 0) is 0 Å². The predicted octanol–water partition coefficient (Wildman–Crippen LogP) is 4.63. The number of nitrogens with one attached hydrogen (secondary N) is 2. The van der Waals surface area contributed by atoms with Gasteiger partial charge in [0, 0.05) is 23.0 Å². The summed E-state index contributed by atoms with van der Waals surface area (Å²) in [6, 6.07) is 6.66. The predicted molar refractivity (Wildman–Crippen MR) is 105 cm³/mol. The first-order chi connectivity index (χ1) is 12.9. The standard InChI is InChI=1S/C19H17ClN6O/c1-10(2)17-15(9-23-13-4-5-16(20)26-18(13)17)25-19(27)24-12-6-7-22-14(8-21)11(12)3/h4-7,9-10H,1-3H3,(H2,22,24,25,27). The Kier molecular flexibility index (Phi) is 5.19. The lowest BCUT2D eigenvalue weighted by Gasteiger charge is -2.16. The largest absolute Gasteiger partial charge is 0.323 e. The molecule has 0 aromatic carbocycles. The zero-order valence-corrected chi connectivity index (χ0v) is 15.8. The van der Waals surface area contributed by atoms with Crippen LogP contribution in [-0.4, -0.2) is 21.0 Å². The molecule has 0 fully saturated rings. The molecule has 136 valence electrons. The molecule has 0 aliphatic carbocycles. The number of urea groups is 1. The number of anilines is 2. The van der Waals surface area contributed by atoms with Crippen molar-refractivity contribution in [3.8, 4) is 6.07 Å². The van der Waals surface area contributed by atoms with Crippen molar-refractivity contribution in [3.63, 3.8) is 0 Å². The molecular formula is C19H17ClN6O. The van der Waals surface area contributed by atoms with Gasteiger partial charge in [0.2, 0.25) is 0 Å². The van der Waals surface area contributed by atoms with Gasteiger partial charge in [0.1, 0.15) is 16.9 Å². The number of amides is 2. The Balaban J connectivity index is 1.94. The second-order valence-electron chi connectivity index (χ2n) is 6.27. The lowest BCUT2D eigenvalue weighted by atomic mass is 10.0. The molecule has 0 saturated heterocycles. The van der Waals surface area contributed by atoms with E-state index in [0.29, 0.717) is 33.1 Å². The first-order valence-electron chi connectivity index (χ1n) is 8.29. The van der Waals surface area contributed by atoms with Gasteiger partial charge in [-0.3, -0.25) is 4.98 Å². The lowest BCUT2D eigenvalue weighted by molar-refractivity contribution is 0.262. The summed E-state index contributed by atoms with van der Waals surface area (Å²) in [6.45, 7) is 5.74. The quantitative estimate of drug-likeness (QED) is 0.645. The monoisotopic (exact) mass is 380 g/mol. The Morgan fingerprint density at radius 2 is 1.93 bits per heavy atom. The fraction of sp³-hybridized carbons (Fsp3) is 0.211. The fourth-order valence-corrected chi connectivity index (χ4v) is 2.95. The molecular weight excluding hydrogens is 364 g/mol. The average Bonchev–Trinajstić information content (AvgIpc) is 2.62. The fourth-order valence-electron chi connectivity index (χ4n) is 2.81. The third kappa shape index (κ3) is 3.81. The number of hydrogen-bond donors (Lipinski definition) is 2. The van der Waals surface area contributed by atoms with Crippen LogP contribution >= 0.6 is 11.6 Å². The molecule has 0 aliphatic heterocycles. The van der Waals surface area contributed by atoms with Crippen LogP contribution in [0, 0.1) is 18.3 Å². The van der Waals surface area contributed by atoms with Gasteiger partial charge in [-0.25, -0.2) is 14.8 Å². The molecule has 3 heterocycles. The van der Waals surface area contributed by atoms with E-state index in [0.717, 1.165) is 5.56 Å². The van der Waals surface area contributed by atoms with E-state index in [4.69, 9.17) is 16.9 Å². The minimum atomic E-state index is -0.446. The van der Waals surface area contributed by atoms with E-state index in [2.05, 4.69) is 25.6 Å². The van der Waals surface area contributed by atoms with Crippen molar-refractivity contribution in [2.75, 3.05) is 10.6 Å². The second-order valence-corrected chi connectivity index (χ2v) is 6.65.